The van der Waals surface area contributed by atoms with Gasteiger partial charge in [-0.15, -0.1) is 0 Å². The first-order valence-electron chi connectivity index (χ1n) is 8.62. The number of hydrogen-bond donors (Lipinski definition) is 1. The van der Waals surface area contributed by atoms with E-state index >= 15 is 0 Å². The number of rotatable bonds is 6. The van der Waals surface area contributed by atoms with E-state index in [-0.39, 0.29) is 11.5 Å². The van der Waals surface area contributed by atoms with Crippen molar-refractivity contribution in [2.75, 3.05) is 13.7 Å². The number of hydrogen-bond acceptors (Lipinski definition) is 3. The average Bonchev–Trinajstić information content (AvgIpc) is 2.99. The summed E-state index contributed by atoms with van der Waals surface area (Å²) < 4.78 is 6.99. The second-order valence-electron chi connectivity index (χ2n) is 6.14. The van der Waals surface area contributed by atoms with Gasteiger partial charge in [-0.25, -0.2) is 4.79 Å². The summed E-state index contributed by atoms with van der Waals surface area (Å²) in [6.45, 7) is 3.43. The molecule has 3 rings (SSSR count). The van der Waals surface area contributed by atoms with Crippen LogP contribution in [0.3, 0.4) is 0 Å². The molecule has 5 nitrogen and oxygen atoms in total. The van der Waals surface area contributed by atoms with Crippen molar-refractivity contribution in [1.29, 1.82) is 0 Å². The van der Waals surface area contributed by atoms with Gasteiger partial charge in [0.25, 0.3) is 5.91 Å². The molecule has 0 aliphatic carbocycles. The van der Waals surface area contributed by atoms with E-state index in [0.717, 1.165) is 13.0 Å². The number of aryl methyl sites for hydroxylation is 2. The number of ether oxygens (including phenoxy) is 1. The number of aromatic nitrogens is 1. The molecule has 0 spiro atoms. The largest absolute Gasteiger partial charge is 0.465 e. The minimum absolute atomic E-state index is 0.264. The van der Waals surface area contributed by atoms with Gasteiger partial charge in [0, 0.05) is 24.3 Å². The highest BCUT2D eigenvalue weighted by molar-refractivity contribution is 6.05. The molecule has 26 heavy (non-hydrogen) atoms. The van der Waals surface area contributed by atoms with Crippen LogP contribution in [0.2, 0.25) is 0 Å². The molecule has 0 aliphatic rings. The van der Waals surface area contributed by atoms with Crippen molar-refractivity contribution in [2.45, 2.75) is 19.9 Å². The number of carbonyl (C=O) groups excluding carboxylic acids is 2. The summed E-state index contributed by atoms with van der Waals surface area (Å²) in [7, 11) is 1.31. The third kappa shape index (κ3) is 3.61. The standard InChI is InChI=1S/C21H22N2O3/c1-15-14-16-8-3-6-11-19(16)23(15)13-7-12-22-20(24)17-9-4-5-10-18(17)21(25)26-2/h3-6,8-11,14H,7,12-13H2,1-2H3,(H,22,24). The maximum Gasteiger partial charge on any atom is 0.338 e. The number of para-hydroxylation sites is 1. The van der Waals surface area contributed by atoms with Crippen LogP contribution in [-0.4, -0.2) is 30.1 Å². The lowest BCUT2D eigenvalue weighted by molar-refractivity contribution is 0.0596. The van der Waals surface area contributed by atoms with Crippen molar-refractivity contribution in [3.63, 3.8) is 0 Å². The molecule has 5 heteroatoms. The Kier molecular flexibility index (Phi) is 5.37. The van der Waals surface area contributed by atoms with Gasteiger partial charge in [-0.2, -0.15) is 0 Å². The Morgan fingerprint density at radius 1 is 1.04 bits per heavy atom. The topological polar surface area (TPSA) is 60.3 Å². The van der Waals surface area contributed by atoms with Crippen LogP contribution >= 0.6 is 0 Å². The molecule has 0 atom stereocenters. The molecular weight excluding hydrogens is 328 g/mol. The van der Waals surface area contributed by atoms with Gasteiger partial charge in [0.15, 0.2) is 0 Å². The fourth-order valence-corrected chi connectivity index (χ4v) is 3.15. The fourth-order valence-electron chi connectivity index (χ4n) is 3.15. The van der Waals surface area contributed by atoms with Crippen molar-refractivity contribution in [1.82, 2.24) is 9.88 Å². The molecule has 1 amide bonds. The number of nitrogens with one attached hydrogen (secondary N) is 1. The first-order valence-corrected chi connectivity index (χ1v) is 8.62. The molecule has 2 aromatic carbocycles. The molecule has 1 N–H and O–H groups in total. The second kappa shape index (κ2) is 7.87. The molecule has 0 unspecified atom stereocenters. The number of fused-ring (bicyclic) bond motifs is 1. The van der Waals surface area contributed by atoms with Crippen LogP contribution in [0.5, 0.6) is 0 Å². The lowest BCUT2D eigenvalue weighted by Crippen LogP contribution is -2.27. The third-order valence-electron chi connectivity index (χ3n) is 4.44. The highest BCUT2D eigenvalue weighted by Gasteiger charge is 2.16. The Bertz CT molecular complexity index is 943. The highest BCUT2D eigenvalue weighted by Crippen LogP contribution is 2.19. The Morgan fingerprint density at radius 2 is 1.73 bits per heavy atom. The smallest absolute Gasteiger partial charge is 0.338 e. The van der Waals surface area contributed by atoms with Crippen LogP contribution in [0.1, 0.15) is 32.8 Å². The Balaban J connectivity index is 1.61. The molecule has 0 bridgehead atoms. The molecule has 1 heterocycles. The summed E-state index contributed by atoms with van der Waals surface area (Å²) in [5.41, 5.74) is 3.02. The van der Waals surface area contributed by atoms with Crippen molar-refractivity contribution in [2.24, 2.45) is 0 Å². The van der Waals surface area contributed by atoms with E-state index in [1.807, 2.05) is 12.1 Å². The zero-order valence-corrected chi connectivity index (χ0v) is 15.0. The number of esters is 1. The second-order valence-corrected chi connectivity index (χ2v) is 6.14. The Hall–Kier alpha value is -3.08. The maximum absolute atomic E-state index is 12.4. The van der Waals surface area contributed by atoms with Gasteiger partial charge in [-0.1, -0.05) is 30.3 Å². The van der Waals surface area contributed by atoms with E-state index < -0.39 is 5.97 Å². The van der Waals surface area contributed by atoms with E-state index in [0.29, 0.717) is 12.1 Å². The quantitative estimate of drug-likeness (QED) is 0.546. The molecule has 0 fully saturated rings. The van der Waals surface area contributed by atoms with Crippen LogP contribution in [0.4, 0.5) is 0 Å². The monoisotopic (exact) mass is 350 g/mol. The van der Waals surface area contributed by atoms with Crippen LogP contribution in [0.15, 0.2) is 54.6 Å². The zero-order valence-electron chi connectivity index (χ0n) is 15.0. The Morgan fingerprint density at radius 3 is 2.50 bits per heavy atom. The summed E-state index contributed by atoms with van der Waals surface area (Å²) in [6, 6.07) is 17.1. The fraction of sp³-hybridized carbons (Fsp3) is 0.238. The van der Waals surface area contributed by atoms with E-state index in [2.05, 4.69) is 35.0 Å². The number of benzene rings is 2. The van der Waals surface area contributed by atoms with Crippen molar-refractivity contribution < 1.29 is 14.3 Å². The summed E-state index contributed by atoms with van der Waals surface area (Å²) in [5, 5.41) is 4.11. The van der Waals surface area contributed by atoms with Gasteiger partial charge >= 0.3 is 5.97 Å². The van der Waals surface area contributed by atoms with Crippen LogP contribution < -0.4 is 5.32 Å². The van der Waals surface area contributed by atoms with Crippen LogP contribution in [-0.2, 0) is 11.3 Å². The predicted octanol–water partition coefficient (Wildman–Crippen LogP) is 3.56. The molecule has 3 aromatic rings. The number of methoxy groups -OCH3 is 1. The molecule has 0 saturated carbocycles. The van der Waals surface area contributed by atoms with Gasteiger partial charge in [-0.3, -0.25) is 4.79 Å². The van der Waals surface area contributed by atoms with Gasteiger partial charge in [0.1, 0.15) is 0 Å². The first kappa shape index (κ1) is 17.7. The Labute approximate surface area is 152 Å². The maximum atomic E-state index is 12.4. The molecule has 0 saturated heterocycles. The minimum atomic E-state index is -0.509. The van der Waals surface area contributed by atoms with Gasteiger partial charge in [0.05, 0.1) is 18.2 Å². The normalized spacial score (nSPS) is 10.7. The minimum Gasteiger partial charge on any atom is -0.465 e. The van der Waals surface area contributed by atoms with Gasteiger partial charge < -0.3 is 14.6 Å². The summed E-state index contributed by atoms with van der Waals surface area (Å²) in [4.78, 5) is 24.2. The van der Waals surface area contributed by atoms with Crippen LogP contribution in [0.25, 0.3) is 10.9 Å². The first-order chi connectivity index (χ1) is 12.6. The van der Waals surface area contributed by atoms with E-state index in [1.54, 1.807) is 24.3 Å². The van der Waals surface area contributed by atoms with Crippen LogP contribution in [0, 0.1) is 6.92 Å². The van der Waals surface area contributed by atoms with Crippen molar-refractivity contribution in [3.05, 3.63) is 71.4 Å². The zero-order chi connectivity index (χ0) is 18.5. The molecule has 0 radical (unpaired) electrons. The predicted molar refractivity (Wildman–Crippen MR) is 101 cm³/mol. The van der Waals surface area contributed by atoms with Crippen molar-refractivity contribution >= 4 is 22.8 Å². The number of nitrogens with zero attached hydrogens (tertiary/aromatic N) is 1. The summed E-state index contributed by atoms with van der Waals surface area (Å²) in [5.74, 6) is -0.773. The summed E-state index contributed by atoms with van der Waals surface area (Å²) >= 11 is 0. The molecule has 0 aliphatic heterocycles. The number of carbonyl (C=O) groups is 2. The lowest BCUT2D eigenvalue weighted by atomic mass is 10.1. The summed E-state index contributed by atoms with van der Waals surface area (Å²) in [6.07, 6.45) is 0.797. The third-order valence-corrected chi connectivity index (χ3v) is 4.44. The van der Waals surface area contributed by atoms with E-state index in [1.165, 1.54) is 23.7 Å². The SMILES string of the molecule is COC(=O)c1ccccc1C(=O)NCCCn1c(C)cc2ccccc21. The molecule has 134 valence electrons. The van der Waals surface area contributed by atoms with E-state index in [9.17, 15) is 9.59 Å². The highest BCUT2D eigenvalue weighted by atomic mass is 16.5. The van der Waals surface area contributed by atoms with E-state index in [4.69, 9.17) is 4.74 Å². The molecular formula is C21H22N2O3. The molecule has 1 aromatic heterocycles. The van der Waals surface area contributed by atoms with Gasteiger partial charge in [0.2, 0.25) is 0 Å². The van der Waals surface area contributed by atoms with Gasteiger partial charge in [-0.05, 0) is 43.0 Å². The van der Waals surface area contributed by atoms with Crippen molar-refractivity contribution in [3.8, 4) is 0 Å². The average molecular weight is 350 g/mol. The number of amides is 1. The lowest BCUT2D eigenvalue weighted by Gasteiger charge is -2.11.